The van der Waals surface area contributed by atoms with Crippen molar-refractivity contribution in [3.8, 4) is 0 Å². The van der Waals surface area contributed by atoms with Gasteiger partial charge in [0.1, 0.15) is 0 Å². The Labute approximate surface area is 116 Å². The lowest BCUT2D eigenvalue weighted by Crippen LogP contribution is -2.24. The van der Waals surface area contributed by atoms with Crippen LogP contribution in [-0.2, 0) is 11.8 Å². The second kappa shape index (κ2) is 4.61. The molecule has 0 bridgehead atoms. The number of aromatic nitrogens is 1. The van der Waals surface area contributed by atoms with Crippen LogP contribution in [0.2, 0.25) is 0 Å². The molecule has 1 aliphatic rings. The first-order chi connectivity index (χ1) is 9.58. The van der Waals surface area contributed by atoms with Gasteiger partial charge in [-0.15, -0.1) is 0 Å². The summed E-state index contributed by atoms with van der Waals surface area (Å²) in [5.74, 6) is -0.511. The highest BCUT2D eigenvalue weighted by molar-refractivity contribution is 6.20. The molecule has 0 spiro atoms. The number of nitrogens with one attached hydrogen (secondary N) is 1. The lowest BCUT2D eigenvalue weighted by atomic mass is 10.0. The zero-order chi connectivity index (χ0) is 14.3. The highest BCUT2D eigenvalue weighted by Gasteiger charge is 2.26. The van der Waals surface area contributed by atoms with Crippen LogP contribution in [0, 0.1) is 6.92 Å². The largest absolute Gasteiger partial charge is 0.364 e. The third-order valence-corrected chi connectivity index (χ3v) is 3.51. The van der Waals surface area contributed by atoms with Gasteiger partial charge in [-0.3, -0.25) is 4.79 Å². The number of carbonyl (C=O) groups excluding carboxylic acids is 1. The molecule has 1 atom stereocenters. The molecule has 5 heteroatoms. The third kappa shape index (κ3) is 1.92. The molecular weight excluding hydrogens is 254 g/mol. The number of aliphatic imine (C=N–C) groups is 1. The topological polar surface area (TPSA) is 66.6 Å². The quantitative estimate of drug-likeness (QED) is 0.822. The molecule has 3 rings (SSSR count). The number of aliphatic hydroxyl groups excluding tert-OH is 1. The van der Waals surface area contributed by atoms with E-state index >= 15 is 0 Å². The molecule has 5 nitrogen and oxygen atoms in total. The zero-order valence-electron chi connectivity index (χ0n) is 11.3. The first-order valence-electron chi connectivity index (χ1n) is 6.36. The number of amides is 1. The summed E-state index contributed by atoms with van der Waals surface area (Å²) < 4.78 is 1.93. The molecule has 0 fully saturated rings. The Bertz CT molecular complexity index is 701. The van der Waals surface area contributed by atoms with E-state index < -0.39 is 12.1 Å². The SMILES string of the molecule is Cc1c2c(cn1C)NC(=O)C(O)N=C2c1ccccc1. The van der Waals surface area contributed by atoms with Crippen LogP contribution < -0.4 is 5.32 Å². The van der Waals surface area contributed by atoms with Crippen molar-refractivity contribution in [2.45, 2.75) is 13.2 Å². The fraction of sp³-hybridized carbons (Fsp3) is 0.200. The summed E-state index contributed by atoms with van der Waals surface area (Å²) in [5.41, 5.74) is 4.01. The number of fused-ring (bicyclic) bond motifs is 1. The maximum Gasteiger partial charge on any atom is 0.276 e. The molecule has 1 aromatic carbocycles. The Balaban J connectivity index is 2.26. The number of benzene rings is 1. The molecule has 20 heavy (non-hydrogen) atoms. The predicted octanol–water partition coefficient (Wildman–Crippen LogP) is 1.44. The molecule has 1 aliphatic heterocycles. The van der Waals surface area contributed by atoms with Crippen molar-refractivity contribution in [1.82, 2.24) is 4.57 Å². The summed E-state index contributed by atoms with van der Waals surface area (Å²) in [5, 5.41) is 12.5. The summed E-state index contributed by atoms with van der Waals surface area (Å²) in [6.45, 7) is 1.96. The van der Waals surface area contributed by atoms with E-state index in [1.165, 1.54) is 0 Å². The first-order valence-corrected chi connectivity index (χ1v) is 6.36. The van der Waals surface area contributed by atoms with Crippen LogP contribution in [0.1, 0.15) is 16.8 Å². The van der Waals surface area contributed by atoms with E-state index in [4.69, 9.17) is 0 Å². The van der Waals surface area contributed by atoms with E-state index in [1.807, 2.05) is 55.1 Å². The summed E-state index contributed by atoms with van der Waals surface area (Å²) in [4.78, 5) is 16.0. The number of rotatable bonds is 1. The summed E-state index contributed by atoms with van der Waals surface area (Å²) in [7, 11) is 1.91. The van der Waals surface area contributed by atoms with Gasteiger partial charge in [0.2, 0.25) is 6.23 Å². The lowest BCUT2D eigenvalue weighted by molar-refractivity contribution is -0.123. The van der Waals surface area contributed by atoms with Crippen molar-refractivity contribution >= 4 is 17.3 Å². The number of hydrogen-bond donors (Lipinski definition) is 2. The number of hydrogen-bond acceptors (Lipinski definition) is 3. The van der Waals surface area contributed by atoms with Crippen LogP contribution in [0.4, 0.5) is 5.69 Å². The minimum Gasteiger partial charge on any atom is -0.364 e. The molecule has 2 aromatic rings. The van der Waals surface area contributed by atoms with Crippen molar-refractivity contribution in [3.63, 3.8) is 0 Å². The first kappa shape index (κ1) is 12.6. The van der Waals surface area contributed by atoms with Crippen LogP contribution in [0.15, 0.2) is 41.5 Å². The predicted molar refractivity (Wildman–Crippen MR) is 76.9 cm³/mol. The van der Waals surface area contributed by atoms with Gasteiger partial charge >= 0.3 is 0 Å². The number of aryl methyl sites for hydroxylation is 1. The van der Waals surface area contributed by atoms with Crippen LogP contribution in [-0.4, -0.2) is 27.5 Å². The molecule has 1 amide bonds. The van der Waals surface area contributed by atoms with E-state index in [1.54, 1.807) is 0 Å². The van der Waals surface area contributed by atoms with E-state index in [0.29, 0.717) is 11.4 Å². The summed E-state index contributed by atoms with van der Waals surface area (Å²) in [6, 6.07) is 9.55. The Morgan fingerprint density at radius 2 is 2.00 bits per heavy atom. The van der Waals surface area contributed by atoms with Crippen LogP contribution in [0.5, 0.6) is 0 Å². The Morgan fingerprint density at radius 3 is 2.70 bits per heavy atom. The molecule has 1 aromatic heterocycles. The molecule has 1 unspecified atom stereocenters. The van der Waals surface area contributed by atoms with Gasteiger partial charge in [0.15, 0.2) is 0 Å². The smallest absolute Gasteiger partial charge is 0.276 e. The average Bonchev–Trinajstić information content (AvgIpc) is 2.64. The van der Waals surface area contributed by atoms with E-state index in [2.05, 4.69) is 10.3 Å². The second-order valence-electron chi connectivity index (χ2n) is 4.82. The fourth-order valence-corrected chi connectivity index (χ4v) is 2.38. The number of anilines is 1. The van der Waals surface area contributed by atoms with Crippen LogP contribution >= 0.6 is 0 Å². The maximum atomic E-state index is 11.8. The minimum atomic E-state index is -1.39. The van der Waals surface area contributed by atoms with Gasteiger partial charge < -0.3 is 15.0 Å². The van der Waals surface area contributed by atoms with Crippen molar-refractivity contribution in [1.29, 1.82) is 0 Å². The molecule has 2 heterocycles. The second-order valence-corrected chi connectivity index (χ2v) is 4.82. The van der Waals surface area contributed by atoms with Crippen molar-refractivity contribution in [2.24, 2.45) is 12.0 Å². The van der Waals surface area contributed by atoms with Crippen molar-refractivity contribution in [3.05, 3.63) is 53.3 Å². The molecule has 2 N–H and O–H groups in total. The molecule has 102 valence electrons. The van der Waals surface area contributed by atoms with Gasteiger partial charge in [0.25, 0.3) is 5.91 Å². The van der Waals surface area contributed by atoms with Gasteiger partial charge in [0.05, 0.1) is 11.4 Å². The Morgan fingerprint density at radius 1 is 1.30 bits per heavy atom. The third-order valence-electron chi connectivity index (χ3n) is 3.51. The minimum absolute atomic E-state index is 0.511. The van der Waals surface area contributed by atoms with Crippen molar-refractivity contribution in [2.75, 3.05) is 5.32 Å². The van der Waals surface area contributed by atoms with Gasteiger partial charge in [-0.05, 0) is 6.92 Å². The summed E-state index contributed by atoms with van der Waals surface area (Å²) in [6.07, 6.45) is 0.446. The normalized spacial score (nSPS) is 18.1. The maximum absolute atomic E-state index is 11.8. The van der Waals surface area contributed by atoms with E-state index in [9.17, 15) is 9.90 Å². The highest BCUT2D eigenvalue weighted by Crippen LogP contribution is 2.28. The van der Waals surface area contributed by atoms with E-state index in [0.717, 1.165) is 16.8 Å². The zero-order valence-corrected chi connectivity index (χ0v) is 11.3. The fourth-order valence-electron chi connectivity index (χ4n) is 2.38. The monoisotopic (exact) mass is 269 g/mol. The number of carbonyl (C=O) groups is 1. The number of nitrogens with zero attached hydrogens (tertiary/aromatic N) is 2. The van der Waals surface area contributed by atoms with Crippen LogP contribution in [0.25, 0.3) is 0 Å². The summed E-state index contributed by atoms with van der Waals surface area (Å²) >= 11 is 0. The van der Waals surface area contributed by atoms with Crippen molar-refractivity contribution < 1.29 is 9.90 Å². The Kier molecular flexibility index (Phi) is 2.91. The van der Waals surface area contributed by atoms with Crippen LogP contribution in [0.3, 0.4) is 0 Å². The molecule has 0 saturated carbocycles. The molecule has 0 saturated heterocycles. The molecule has 0 radical (unpaired) electrons. The standard InChI is InChI=1S/C15H15N3O2/c1-9-12-11(8-18(9)2)16-14(19)15(20)17-13(12)10-6-4-3-5-7-10/h3-8,15,20H,1-2H3,(H,16,19). The van der Waals surface area contributed by atoms with E-state index in [-0.39, 0.29) is 0 Å². The number of aliphatic hydroxyl groups is 1. The highest BCUT2D eigenvalue weighted by atomic mass is 16.3. The van der Waals surface area contributed by atoms with Gasteiger partial charge in [-0.2, -0.15) is 0 Å². The van der Waals surface area contributed by atoms with Gasteiger partial charge in [0, 0.05) is 30.1 Å². The Hall–Kier alpha value is -2.40. The van der Waals surface area contributed by atoms with Gasteiger partial charge in [-0.1, -0.05) is 30.3 Å². The lowest BCUT2D eigenvalue weighted by Gasteiger charge is -2.08. The van der Waals surface area contributed by atoms with Gasteiger partial charge in [-0.25, -0.2) is 4.99 Å². The average molecular weight is 269 g/mol. The molecule has 0 aliphatic carbocycles. The molecular formula is C15H15N3O2.